The van der Waals surface area contributed by atoms with Crippen LogP contribution in [0.5, 0.6) is 11.5 Å². The van der Waals surface area contributed by atoms with Gasteiger partial charge in [-0.25, -0.2) is 13.1 Å². The third-order valence-electron chi connectivity index (χ3n) is 3.57. The molecule has 10 heteroatoms. The summed E-state index contributed by atoms with van der Waals surface area (Å²) in [5.74, 6) is -1.52. The number of sulfonamides is 1. The molecule has 0 fully saturated rings. The van der Waals surface area contributed by atoms with E-state index in [0.717, 1.165) is 0 Å². The molecule has 0 saturated carbocycles. The standard InChI is InChI=1S/C16H18N2O7S/c1-8(19)13-9(2)25-16(14(13)15(17)20)18-26(21,22)12-7-10(23-3)5-6-11(12)24-4/h5-7,18H,1-4H3,(H2,17,20). The van der Waals surface area contributed by atoms with Crippen molar-refractivity contribution in [2.75, 3.05) is 18.9 Å². The van der Waals surface area contributed by atoms with Crippen LogP contribution in [0.25, 0.3) is 0 Å². The first kappa shape index (κ1) is 19.3. The summed E-state index contributed by atoms with van der Waals surface area (Å²) in [5, 5.41) is 0. The zero-order valence-electron chi connectivity index (χ0n) is 14.6. The van der Waals surface area contributed by atoms with E-state index in [2.05, 4.69) is 4.72 Å². The molecule has 9 nitrogen and oxygen atoms in total. The summed E-state index contributed by atoms with van der Waals surface area (Å²) in [5.41, 5.74) is 4.89. The van der Waals surface area contributed by atoms with Crippen molar-refractivity contribution in [3.05, 3.63) is 35.1 Å². The fourth-order valence-electron chi connectivity index (χ4n) is 2.45. The van der Waals surface area contributed by atoms with Crippen molar-refractivity contribution in [1.29, 1.82) is 0 Å². The third kappa shape index (κ3) is 3.49. The van der Waals surface area contributed by atoms with Crippen molar-refractivity contribution < 1.29 is 31.9 Å². The van der Waals surface area contributed by atoms with E-state index in [1.807, 2.05) is 0 Å². The van der Waals surface area contributed by atoms with Crippen LogP contribution in [0.2, 0.25) is 0 Å². The Hall–Kier alpha value is -3.01. The smallest absolute Gasteiger partial charge is 0.268 e. The highest BCUT2D eigenvalue weighted by Gasteiger charge is 2.29. The number of nitrogens with one attached hydrogen (secondary N) is 1. The van der Waals surface area contributed by atoms with Gasteiger partial charge in [-0.2, -0.15) is 0 Å². The minimum Gasteiger partial charge on any atom is -0.497 e. The normalized spacial score (nSPS) is 11.1. The Morgan fingerprint density at radius 1 is 1.15 bits per heavy atom. The topological polar surface area (TPSA) is 138 Å². The molecule has 2 rings (SSSR count). The maximum absolute atomic E-state index is 12.8. The lowest BCUT2D eigenvalue weighted by molar-refractivity contribution is 0.0974. The molecule has 1 amide bonds. The highest BCUT2D eigenvalue weighted by Crippen LogP contribution is 2.33. The second-order valence-electron chi connectivity index (χ2n) is 5.28. The van der Waals surface area contributed by atoms with Crippen LogP contribution in [0.15, 0.2) is 27.5 Å². The van der Waals surface area contributed by atoms with Gasteiger partial charge >= 0.3 is 0 Å². The lowest BCUT2D eigenvalue weighted by atomic mass is 10.1. The molecule has 0 radical (unpaired) electrons. The first-order valence-electron chi connectivity index (χ1n) is 7.31. The molecular weight excluding hydrogens is 364 g/mol. The van der Waals surface area contributed by atoms with Crippen LogP contribution in [0.1, 0.15) is 33.4 Å². The lowest BCUT2D eigenvalue weighted by Gasteiger charge is -2.12. The van der Waals surface area contributed by atoms with Crippen molar-refractivity contribution in [1.82, 2.24) is 0 Å². The van der Waals surface area contributed by atoms with Gasteiger partial charge in [0, 0.05) is 6.07 Å². The highest BCUT2D eigenvalue weighted by molar-refractivity contribution is 7.92. The van der Waals surface area contributed by atoms with Crippen molar-refractivity contribution in [2.45, 2.75) is 18.7 Å². The quantitative estimate of drug-likeness (QED) is 0.695. The number of furan rings is 1. The lowest BCUT2D eigenvalue weighted by Crippen LogP contribution is -2.19. The van der Waals surface area contributed by atoms with Gasteiger partial charge in [0.2, 0.25) is 5.88 Å². The van der Waals surface area contributed by atoms with Gasteiger partial charge in [0.25, 0.3) is 15.9 Å². The van der Waals surface area contributed by atoms with Crippen molar-refractivity contribution in [3.8, 4) is 11.5 Å². The number of ether oxygens (including phenoxy) is 2. The predicted molar refractivity (Wildman–Crippen MR) is 92.3 cm³/mol. The number of rotatable bonds is 7. The van der Waals surface area contributed by atoms with E-state index in [0.29, 0.717) is 0 Å². The maximum Gasteiger partial charge on any atom is 0.268 e. The molecule has 1 aromatic heterocycles. The van der Waals surface area contributed by atoms with Crippen LogP contribution in [-0.4, -0.2) is 34.3 Å². The van der Waals surface area contributed by atoms with Gasteiger partial charge in [-0.3, -0.25) is 9.59 Å². The first-order chi connectivity index (χ1) is 12.1. The predicted octanol–water partition coefficient (Wildman–Crippen LogP) is 1.71. The molecule has 26 heavy (non-hydrogen) atoms. The van der Waals surface area contributed by atoms with Gasteiger partial charge in [-0.1, -0.05) is 0 Å². The fraction of sp³-hybridized carbons (Fsp3) is 0.250. The second kappa shape index (κ2) is 7.08. The first-order valence-corrected chi connectivity index (χ1v) is 8.79. The van der Waals surface area contributed by atoms with Gasteiger partial charge in [0.1, 0.15) is 27.7 Å². The van der Waals surface area contributed by atoms with E-state index in [-0.39, 0.29) is 33.3 Å². The highest BCUT2D eigenvalue weighted by atomic mass is 32.2. The Morgan fingerprint density at radius 3 is 2.31 bits per heavy atom. The largest absolute Gasteiger partial charge is 0.497 e. The molecule has 1 heterocycles. The van der Waals surface area contributed by atoms with Gasteiger partial charge in [-0.15, -0.1) is 0 Å². The number of hydrogen-bond acceptors (Lipinski definition) is 7. The monoisotopic (exact) mass is 382 g/mol. The van der Waals surface area contributed by atoms with Crippen LogP contribution < -0.4 is 19.9 Å². The zero-order valence-corrected chi connectivity index (χ0v) is 15.4. The average molecular weight is 382 g/mol. The number of ketones is 1. The number of anilines is 1. The van der Waals surface area contributed by atoms with Crippen LogP contribution in [0.4, 0.5) is 5.88 Å². The number of aryl methyl sites for hydroxylation is 1. The van der Waals surface area contributed by atoms with Crippen molar-refractivity contribution >= 4 is 27.6 Å². The summed E-state index contributed by atoms with van der Waals surface area (Å²) in [4.78, 5) is 23.2. The second-order valence-corrected chi connectivity index (χ2v) is 6.93. The molecular formula is C16H18N2O7S. The summed E-state index contributed by atoms with van der Waals surface area (Å²) >= 11 is 0. The molecule has 1 aromatic carbocycles. The number of methoxy groups -OCH3 is 2. The maximum atomic E-state index is 12.8. The molecule has 0 aliphatic rings. The minimum absolute atomic E-state index is 0.0500. The Labute approximate surface area is 150 Å². The molecule has 0 atom stereocenters. The van der Waals surface area contributed by atoms with E-state index in [1.165, 1.54) is 46.3 Å². The number of nitrogens with two attached hydrogens (primary N) is 1. The third-order valence-corrected chi connectivity index (χ3v) is 4.92. The Kier molecular flexibility index (Phi) is 5.26. The SMILES string of the molecule is COc1ccc(OC)c(S(=O)(=O)Nc2oc(C)c(C(C)=O)c2C(N)=O)c1. The summed E-state index contributed by atoms with van der Waals surface area (Å²) < 4.78 is 43.0. The van der Waals surface area contributed by atoms with Crippen LogP contribution in [0, 0.1) is 6.92 Å². The van der Waals surface area contributed by atoms with Crippen LogP contribution >= 0.6 is 0 Å². The van der Waals surface area contributed by atoms with E-state index in [9.17, 15) is 18.0 Å². The van der Waals surface area contributed by atoms with E-state index >= 15 is 0 Å². The molecule has 3 N–H and O–H groups in total. The Balaban J connectivity index is 2.60. The number of benzene rings is 1. The molecule has 140 valence electrons. The number of Topliss-reactive ketones (excluding diaryl/α,β-unsaturated/α-hetero) is 1. The van der Waals surface area contributed by atoms with Crippen molar-refractivity contribution in [2.24, 2.45) is 5.73 Å². The molecule has 0 saturated heterocycles. The minimum atomic E-state index is -4.24. The van der Waals surface area contributed by atoms with Gasteiger partial charge < -0.3 is 19.6 Å². The van der Waals surface area contributed by atoms with Gasteiger partial charge in [-0.05, 0) is 26.0 Å². The number of carbonyl (C=O) groups is 2. The zero-order chi connectivity index (χ0) is 19.6. The molecule has 0 aliphatic heterocycles. The summed E-state index contributed by atoms with van der Waals surface area (Å²) in [7, 11) is -1.55. The Morgan fingerprint density at radius 2 is 1.81 bits per heavy atom. The van der Waals surface area contributed by atoms with E-state index in [1.54, 1.807) is 0 Å². The molecule has 2 aromatic rings. The summed E-state index contributed by atoms with van der Waals surface area (Å²) in [6, 6.07) is 4.18. The number of hydrogen-bond donors (Lipinski definition) is 2. The van der Waals surface area contributed by atoms with Gasteiger partial charge in [0.05, 0.1) is 19.8 Å². The van der Waals surface area contributed by atoms with Crippen LogP contribution in [-0.2, 0) is 10.0 Å². The summed E-state index contributed by atoms with van der Waals surface area (Å²) in [6.45, 7) is 2.64. The number of amides is 1. The summed E-state index contributed by atoms with van der Waals surface area (Å²) in [6.07, 6.45) is 0. The molecule has 0 bridgehead atoms. The van der Waals surface area contributed by atoms with E-state index in [4.69, 9.17) is 19.6 Å². The molecule has 0 unspecified atom stereocenters. The number of primary amides is 1. The molecule has 0 aliphatic carbocycles. The average Bonchev–Trinajstić information content (AvgIpc) is 2.89. The van der Waals surface area contributed by atoms with Crippen molar-refractivity contribution in [3.63, 3.8) is 0 Å². The van der Waals surface area contributed by atoms with E-state index < -0.39 is 27.6 Å². The fourth-order valence-corrected chi connectivity index (χ4v) is 3.63. The van der Waals surface area contributed by atoms with Gasteiger partial charge in [0.15, 0.2) is 5.78 Å². The molecule has 0 spiro atoms. The number of carbonyl (C=O) groups excluding carboxylic acids is 2. The Bertz CT molecular complexity index is 977. The van der Waals surface area contributed by atoms with Crippen LogP contribution in [0.3, 0.4) is 0 Å².